The number of carbonyl (C=O) groups excluding carboxylic acids is 3. The van der Waals surface area contributed by atoms with Crippen LogP contribution >= 0.6 is 0 Å². The number of cyclic esters (lactones) is 1. The second kappa shape index (κ2) is 19.3. The molecule has 1 aromatic carbocycles. The summed E-state index contributed by atoms with van der Waals surface area (Å²) in [6.07, 6.45) is -0.873. The van der Waals surface area contributed by atoms with Gasteiger partial charge in [0.05, 0.1) is 42.8 Å². The number of ketones is 1. The van der Waals surface area contributed by atoms with Crippen molar-refractivity contribution in [3.05, 3.63) is 35.6 Å². The fraction of sp³-hybridized carbons (Fsp3) is 0.732. The fourth-order valence-corrected chi connectivity index (χ4v) is 8.22. The molecule has 0 bridgehead atoms. The van der Waals surface area contributed by atoms with Crippen molar-refractivity contribution >= 4 is 17.7 Å². The topological polar surface area (TPSA) is 150 Å². The summed E-state index contributed by atoms with van der Waals surface area (Å²) in [5, 5.41) is 23.0. The fourth-order valence-electron chi connectivity index (χ4n) is 8.22. The number of esters is 2. The zero-order valence-electron chi connectivity index (χ0n) is 33.7. The molecule has 2 heterocycles. The quantitative estimate of drug-likeness (QED) is 0.261. The number of likely N-dealkylation sites (N-methyl/N-ethyl adjacent to an activating group) is 1. The van der Waals surface area contributed by atoms with Gasteiger partial charge in [0.25, 0.3) is 0 Å². The van der Waals surface area contributed by atoms with Gasteiger partial charge in [0.1, 0.15) is 35.5 Å². The molecule has 1 aromatic rings. The summed E-state index contributed by atoms with van der Waals surface area (Å²) in [7, 11) is 4.91. The van der Waals surface area contributed by atoms with Crippen LogP contribution in [0.2, 0.25) is 0 Å². The summed E-state index contributed by atoms with van der Waals surface area (Å²) >= 11 is 0. The molecule has 0 saturated carbocycles. The normalized spacial score (nSPS) is 38.6. The molecule has 54 heavy (non-hydrogen) atoms. The summed E-state index contributed by atoms with van der Waals surface area (Å²) in [5.41, 5.74) is -2.95. The third-order valence-corrected chi connectivity index (χ3v) is 11.5. The van der Waals surface area contributed by atoms with E-state index in [-0.39, 0.29) is 37.2 Å². The molecule has 3 rings (SSSR count). The highest BCUT2D eigenvalue weighted by Gasteiger charge is 2.53. The second-order valence-electron chi connectivity index (χ2n) is 15.7. The first-order valence-electron chi connectivity index (χ1n) is 18.9. The van der Waals surface area contributed by atoms with Crippen molar-refractivity contribution in [2.24, 2.45) is 23.7 Å². The van der Waals surface area contributed by atoms with Gasteiger partial charge in [0.15, 0.2) is 6.29 Å². The predicted molar refractivity (Wildman–Crippen MR) is 198 cm³/mol. The number of methoxy groups -OCH3 is 2. The summed E-state index contributed by atoms with van der Waals surface area (Å²) in [6, 6.07) is 5.35. The van der Waals surface area contributed by atoms with E-state index < -0.39 is 89.4 Å². The zero-order chi connectivity index (χ0) is 40.7. The Morgan fingerprint density at radius 3 is 2.35 bits per heavy atom. The van der Waals surface area contributed by atoms with E-state index in [1.165, 1.54) is 39.2 Å². The van der Waals surface area contributed by atoms with Crippen LogP contribution < -0.4 is 0 Å². The van der Waals surface area contributed by atoms with Gasteiger partial charge in [0.2, 0.25) is 0 Å². The Balaban J connectivity index is 2.22. The second-order valence-corrected chi connectivity index (χ2v) is 15.7. The van der Waals surface area contributed by atoms with E-state index >= 15 is 0 Å². The minimum atomic E-state index is -2.01. The van der Waals surface area contributed by atoms with Gasteiger partial charge in [-0.1, -0.05) is 45.7 Å². The third-order valence-electron chi connectivity index (χ3n) is 11.5. The molecule has 0 amide bonds. The number of terminal acetylenes is 1. The van der Waals surface area contributed by atoms with Crippen LogP contribution in [0.15, 0.2) is 24.3 Å². The Morgan fingerprint density at radius 1 is 1.11 bits per heavy atom. The van der Waals surface area contributed by atoms with Gasteiger partial charge in [0, 0.05) is 38.0 Å². The molecule has 2 aliphatic rings. The zero-order valence-corrected chi connectivity index (χ0v) is 33.7. The molecule has 0 aliphatic carbocycles. The molecular formula is C41H62FNO11. The van der Waals surface area contributed by atoms with Gasteiger partial charge in [-0.15, -0.1) is 6.42 Å². The van der Waals surface area contributed by atoms with E-state index in [1.807, 2.05) is 18.9 Å². The SMILES string of the molecule is C#CCN(C)[C@@H]1C[C@H](C)OC(O[C@@H]2[C@@H](C)[C@H](OC(=O)Cc3cccc(F)c3)[C@@H](C)C(=O)O[C@H](CC)[C@@](C)(O)[C@H](O)[C@H](C)C(=O)[C@H](C)C[C@@]2(C)OC)[C@H]1OC. The van der Waals surface area contributed by atoms with Crippen molar-refractivity contribution in [2.45, 2.75) is 141 Å². The number of ether oxygens (including phenoxy) is 6. The number of hydrogen-bond acceptors (Lipinski definition) is 12. The number of Topliss-reactive ketones (excluding diaryl/α,β-unsaturated/α-hetero) is 1. The average Bonchev–Trinajstić information content (AvgIpc) is 3.12. The lowest BCUT2D eigenvalue weighted by molar-refractivity contribution is -0.305. The molecule has 304 valence electrons. The van der Waals surface area contributed by atoms with Crippen LogP contribution in [0.4, 0.5) is 4.39 Å². The van der Waals surface area contributed by atoms with Crippen molar-refractivity contribution in [3.8, 4) is 12.3 Å². The number of aliphatic hydroxyl groups excluding tert-OH is 1. The van der Waals surface area contributed by atoms with E-state index in [1.54, 1.807) is 47.8 Å². The maximum Gasteiger partial charge on any atom is 0.312 e. The standard InChI is InChI=1S/C41H62FNO11/c1-13-18-43(10)30-19-24(4)51-39(35(30)49-11)54-37-26(6)34(53-32(44)21-28-16-15-17-29(42)20-28)27(7)38(47)52-31(14-2)41(9,48)36(46)25(5)33(45)23(3)22-40(37,8)50-12/h1,15-17,20,23-27,30-31,34-37,39,46,48H,14,18-19,21-22H2,2-12H3/t23-,24+,25-,26+,27-,30-,31-,34+,35+,36-,37-,39?,40-,41-/m1/s1. The molecule has 2 N–H and O–H groups in total. The van der Waals surface area contributed by atoms with Gasteiger partial charge >= 0.3 is 11.9 Å². The third kappa shape index (κ3) is 10.5. The summed E-state index contributed by atoms with van der Waals surface area (Å²) in [4.78, 5) is 43.7. The molecular weight excluding hydrogens is 701 g/mol. The van der Waals surface area contributed by atoms with E-state index in [2.05, 4.69) is 5.92 Å². The summed E-state index contributed by atoms with van der Waals surface area (Å²) in [5.74, 6) is -3.54. The number of aliphatic hydroxyl groups is 2. The molecule has 1 unspecified atom stereocenters. The molecule has 13 heteroatoms. The minimum Gasteiger partial charge on any atom is -0.461 e. The molecule has 2 fully saturated rings. The summed E-state index contributed by atoms with van der Waals surface area (Å²) in [6.45, 7) is 13.6. The van der Waals surface area contributed by atoms with Gasteiger partial charge in [-0.25, -0.2) is 4.39 Å². The Morgan fingerprint density at radius 2 is 1.78 bits per heavy atom. The van der Waals surface area contributed by atoms with Crippen LogP contribution in [0.1, 0.15) is 80.2 Å². The van der Waals surface area contributed by atoms with Gasteiger partial charge in [-0.2, -0.15) is 0 Å². The van der Waals surface area contributed by atoms with Gasteiger partial charge in [-0.3, -0.25) is 19.3 Å². The highest BCUT2D eigenvalue weighted by Crippen LogP contribution is 2.40. The lowest BCUT2D eigenvalue weighted by Gasteiger charge is -2.49. The van der Waals surface area contributed by atoms with Crippen molar-refractivity contribution in [2.75, 3.05) is 27.8 Å². The van der Waals surface area contributed by atoms with Gasteiger partial charge < -0.3 is 38.6 Å². The molecule has 0 spiro atoms. The smallest absolute Gasteiger partial charge is 0.312 e. The molecule has 12 nitrogen and oxygen atoms in total. The first-order valence-corrected chi connectivity index (χ1v) is 18.9. The first kappa shape index (κ1) is 45.4. The maximum atomic E-state index is 14.1. The number of carbonyl (C=O) groups is 3. The highest BCUT2D eigenvalue weighted by molar-refractivity contribution is 5.83. The van der Waals surface area contributed by atoms with Crippen LogP contribution in [-0.2, 0) is 49.2 Å². The Bertz CT molecular complexity index is 1470. The van der Waals surface area contributed by atoms with E-state index in [4.69, 9.17) is 34.8 Å². The number of nitrogens with zero attached hydrogens (tertiary/aromatic N) is 1. The molecule has 0 aromatic heterocycles. The number of rotatable bonds is 10. The average molecular weight is 764 g/mol. The number of halogens is 1. The van der Waals surface area contributed by atoms with Crippen molar-refractivity contribution in [3.63, 3.8) is 0 Å². The Hall–Kier alpha value is -2.96. The molecule has 2 saturated heterocycles. The first-order chi connectivity index (χ1) is 25.3. The lowest BCUT2D eigenvalue weighted by Crippen LogP contribution is -2.61. The number of benzene rings is 1. The van der Waals surface area contributed by atoms with E-state index in [0.717, 1.165) is 0 Å². The van der Waals surface area contributed by atoms with Crippen molar-refractivity contribution < 1.29 is 57.4 Å². The van der Waals surface area contributed by atoms with Crippen molar-refractivity contribution in [1.82, 2.24) is 4.90 Å². The largest absolute Gasteiger partial charge is 0.461 e. The summed E-state index contributed by atoms with van der Waals surface area (Å²) < 4.78 is 51.7. The van der Waals surface area contributed by atoms with Crippen LogP contribution in [0.3, 0.4) is 0 Å². The van der Waals surface area contributed by atoms with Crippen LogP contribution in [0.5, 0.6) is 0 Å². The van der Waals surface area contributed by atoms with E-state index in [0.29, 0.717) is 18.5 Å². The van der Waals surface area contributed by atoms with E-state index in [9.17, 15) is 29.0 Å². The highest BCUT2D eigenvalue weighted by atomic mass is 19.1. The van der Waals surface area contributed by atoms with Crippen LogP contribution in [-0.4, -0.2) is 121 Å². The van der Waals surface area contributed by atoms with Crippen LogP contribution in [0.25, 0.3) is 0 Å². The lowest BCUT2D eigenvalue weighted by atomic mass is 9.74. The predicted octanol–water partition coefficient (Wildman–Crippen LogP) is 4.10. The Kier molecular flexibility index (Phi) is 16.2. The molecule has 14 atom stereocenters. The molecule has 2 aliphatic heterocycles. The molecule has 0 radical (unpaired) electrons. The Labute approximate surface area is 320 Å². The monoisotopic (exact) mass is 763 g/mol. The van der Waals surface area contributed by atoms with Crippen molar-refractivity contribution in [1.29, 1.82) is 0 Å². The minimum absolute atomic E-state index is 0.0664. The van der Waals surface area contributed by atoms with Crippen LogP contribution in [0, 0.1) is 41.8 Å². The van der Waals surface area contributed by atoms with Gasteiger partial charge in [-0.05, 0) is 71.7 Å². The number of hydrogen-bond donors (Lipinski definition) is 2. The maximum absolute atomic E-state index is 14.1.